The predicted molar refractivity (Wildman–Crippen MR) is 103 cm³/mol. The minimum Gasteiger partial charge on any atom is -0.368 e. The number of aromatic nitrogens is 2. The number of benzene rings is 1. The summed E-state index contributed by atoms with van der Waals surface area (Å²) in [6.07, 6.45) is 3.07. The second kappa shape index (κ2) is 6.91. The van der Waals surface area contributed by atoms with Crippen molar-refractivity contribution in [1.82, 2.24) is 9.38 Å². The summed E-state index contributed by atoms with van der Waals surface area (Å²) in [5.74, 6) is 0.440. The Morgan fingerprint density at radius 2 is 2.15 bits per heavy atom. The lowest BCUT2D eigenvalue weighted by molar-refractivity contribution is -0.124. The van der Waals surface area contributed by atoms with Gasteiger partial charge >= 0.3 is 0 Å². The van der Waals surface area contributed by atoms with Gasteiger partial charge in [-0.3, -0.25) is 9.20 Å². The number of ether oxygens (including phenoxy) is 1. The molecule has 1 aliphatic rings. The quantitative estimate of drug-likeness (QED) is 0.703. The fraction of sp³-hybridized carbons (Fsp3) is 0.263. The van der Waals surface area contributed by atoms with E-state index in [-0.39, 0.29) is 5.91 Å². The van der Waals surface area contributed by atoms with Crippen LogP contribution in [-0.4, -0.2) is 28.0 Å². The van der Waals surface area contributed by atoms with Gasteiger partial charge in [-0.2, -0.15) is 0 Å². The van der Waals surface area contributed by atoms with Crippen molar-refractivity contribution >= 4 is 40.6 Å². The van der Waals surface area contributed by atoms with E-state index in [9.17, 15) is 4.79 Å². The fourth-order valence-electron chi connectivity index (χ4n) is 3.15. The van der Waals surface area contributed by atoms with Crippen LogP contribution in [-0.2, 0) is 9.53 Å². The third-order valence-electron chi connectivity index (χ3n) is 4.50. The molecule has 1 saturated heterocycles. The first kappa shape index (κ1) is 17.3. The van der Waals surface area contributed by atoms with Crippen molar-refractivity contribution in [3.05, 3.63) is 52.1 Å². The molecule has 3 heterocycles. The van der Waals surface area contributed by atoms with Gasteiger partial charge in [0.25, 0.3) is 5.91 Å². The average molecular weight is 390 g/mol. The standard InChI is InChI=1S/C19H17Cl2N3O2/c1-11-4-2-8-24-17(11)22-16(12-6-7-13(20)14(21)10-12)18(24)23-19(25)15-5-3-9-26-15/h2,4,6-8,10,15H,3,5,9H2,1H3,(H,23,25). The highest BCUT2D eigenvalue weighted by Gasteiger charge is 2.26. The Morgan fingerprint density at radius 1 is 1.31 bits per heavy atom. The topological polar surface area (TPSA) is 55.6 Å². The second-order valence-corrected chi connectivity index (χ2v) is 7.13. The Balaban J connectivity index is 1.84. The molecule has 1 fully saturated rings. The minimum atomic E-state index is -0.424. The van der Waals surface area contributed by atoms with E-state index in [0.717, 1.165) is 29.6 Å². The van der Waals surface area contributed by atoms with Gasteiger partial charge in [0.05, 0.1) is 10.0 Å². The zero-order valence-corrected chi connectivity index (χ0v) is 15.6. The molecule has 0 spiro atoms. The molecule has 5 nitrogen and oxygen atoms in total. The van der Waals surface area contributed by atoms with Crippen LogP contribution in [0.3, 0.4) is 0 Å². The number of hydrogen-bond acceptors (Lipinski definition) is 3. The Labute approximate surface area is 160 Å². The maximum absolute atomic E-state index is 12.6. The van der Waals surface area contributed by atoms with Gasteiger partial charge in [-0.25, -0.2) is 4.98 Å². The van der Waals surface area contributed by atoms with Crippen LogP contribution in [0.1, 0.15) is 18.4 Å². The number of nitrogens with zero attached hydrogens (tertiary/aromatic N) is 2. The normalized spacial score (nSPS) is 17.0. The molecule has 1 amide bonds. The SMILES string of the molecule is Cc1cccn2c(NC(=O)C3CCCO3)c(-c3ccc(Cl)c(Cl)c3)nc12. The van der Waals surface area contributed by atoms with E-state index in [2.05, 4.69) is 5.32 Å². The number of hydrogen-bond donors (Lipinski definition) is 1. The summed E-state index contributed by atoms with van der Waals surface area (Å²) in [7, 11) is 0. The molecule has 0 aliphatic carbocycles. The van der Waals surface area contributed by atoms with Crippen LogP contribution in [0, 0.1) is 6.92 Å². The number of rotatable bonds is 3. The van der Waals surface area contributed by atoms with Crippen LogP contribution in [0.2, 0.25) is 10.0 Å². The van der Waals surface area contributed by atoms with Crippen molar-refractivity contribution in [3.63, 3.8) is 0 Å². The first-order valence-electron chi connectivity index (χ1n) is 8.40. The van der Waals surface area contributed by atoms with E-state index in [0.29, 0.717) is 28.2 Å². The zero-order valence-electron chi connectivity index (χ0n) is 14.1. The van der Waals surface area contributed by atoms with Crippen LogP contribution in [0.15, 0.2) is 36.5 Å². The number of anilines is 1. The molecule has 0 radical (unpaired) electrons. The van der Waals surface area contributed by atoms with E-state index >= 15 is 0 Å². The maximum Gasteiger partial charge on any atom is 0.254 e. The molecule has 7 heteroatoms. The average Bonchev–Trinajstić information content (AvgIpc) is 3.27. The molecule has 0 bridgehead atoms. The van der Waals surface area contributed by atoms with Gasteiger partial charge in [0.1, 0.15) is 23.3 Å². The number of pyridine rings is 1. The van der Waals surface area contributed by atoms with E-state index in [1.54, 1.807) is 12.1 Å². The summed E-state index contributed by atoms with van der Waals surface area (Å²) in [5, 5.41) is 3.91. The number of amides is 1. The highest BCUT2D eigenvalue weighted by atomic mass is 35.5. The van der Waals surface area contributed by atoms with Crippen molar-refractivity contribution in [3.8, 4) is 11.3 Å². The smallest absolute Gasteiger partial charge is 0.254 e. The predicted octanol–water partition coefficient (Wildman–Crippen LogP) is 4.73. The minimum absolute atomic E-state index is 0.160. The van der Waals surface area contributed by atoms with Gasteiger partial charge in [-0.05, 0) is 43.5 Å². The van der Waals surface area contributed by atoms with E-state index in [1.807, 2.05) is 35.7 Å². The van der Waals surface area contributed by atoms with Gasteiger partial charge in [0.2, 0.25) is 0 Å². The lowest BCUT2D eigenvalue weighted by Crippen LogP contribution is -2.27. The molecule has 1 aliphatic heterocycles. The number of carbonyl (C=O) groups excluding carboxylic acids is 1. The van der Waals surface area contributed by atoms with Crippen molar-refractivity contribution in [2.75, 3.05) is 11.9 Å². The van der Waals surface area contributed by atoms with Crippen LogP contribution in [0.5, 0.6) is 0 Å². The third-order valence-corrected chi connectivity index (χ3v) is 5.24. The zero-order chi connectivity index (χ0) is 18.3. The summed E-state index contributed by atoms with van der Waals surface area (Å²) < 4.78 is 7.37. The molecule has 3 aromatic rings. The number of imidazole rings is 1. The molecule has 1 N–H and O–H groups in total. The molecule has 0 saturated carbocycles. The number of carbonyl (C=O) groups is 1. The summed E-state index contributed by atoms with van der Waals surface area (Å²) >= 11 is 12.2. The molecular formula is C19H17Cl2N3O2. The van der Waals surface area contributed by atoms with E-state index in [4.69, 9.17) is 32.9 Å². The molecule has 1 unspecified atom stereocenters. The van der Waals surface area contributed by atoms with Gasteiger partial charge in [-0.1, -0.05) is 35.3 Å². The van der Waals surface area contributed by atoms with Gasteiger partial charge < -0.3 is 10.1 Å². The van der Waals surface area contributed by atoms with Crippen LogP contribution < -0.4 is 5.32 Å². The molecule has 2 aromatic heterocycles. The maximum atomic E-state index is 12.6. The molecule has 4 rings (SSSR count). The lowest BCUT2D eigenvalue weighted by atomic mass is 10.1. The van der Waals surface area contributed by atoms with Crippen molar-refractivity contribution < 1.29 is 9.53 Å². The Bertz CT molecular complexity index is 994. The van der Waals surface area contributed by atoms with Gasteiger partial charge in [-0.15, -0.1) is 0 Å². The van der Waals surface area contributed by atoms with Crippen LogP contribution in [0.25, 0.3) is 16.9 Å². The monoisotopic (exact) mass is 389 g/mol. The number of nitrogens with one attached hydrogen (secondary N) is 1. The lowest BCUT2D eigenvalue weighted by Gasteiger charge is -2.12. The summed E-state index contributed by atoms with van der Waals surface area (Å²) in [6.45, 7) is 2.59. The number of fused-ring (bicyclic) bond motifs is 1. The highest BCUT2D eigenvalue weighted by molar-refractivity contribution is 6.42. The summed E-state index contributed by atoms with van der Waals surface area (Å²) in [4.78, 5) is 17.4. The van der Waals surface area contributed by atoms with Gasteiger partial charge in [0.15, 0.2) is 0 Å². The highest BCUT2D eigenvalue weighted by Crippen LogP contribution is 2.34. The third kappa shape index (κ3) is 3.07. The van der Waals surface area contributed by atoms with Crippen LogP contribution >= 0.6 is 23.2 Å². The summed E-state index contributed by atoms with van der Waals surface area (Å²) in [6, 6.07) is 9.22. The van der Waals surface area contributed by atoms with Crippen molar-refractivity contribution in [2.24, 2.45) is 0 Å². The Kier molecular flexibility index (Phi) is 4.61. The van der Waals surface area contributed by atoms with E-state index in [1.165, 1.54) is 0 Å². The molecule has 1 atom stereocenters. The van der Waals surface area contributed by atoms with Crippen molar-refractivity contribution in [2.45, 2.75) is 25.9 Å². The summed E-state index contributed by atoms with van der Waals surface area (Å²) in [5.41, 5.74) is 3.21. The Morgan fingerprint density at radius 3 is 2.88 bits per heavy atom. The largest absolute Gasteiger partial charge is 0.368 e. The molecular weight excluding hydrogens is 373 g/mol. The van der Waals surface area contributed by atoms with Gasteiger partial charge in [0, 0.05) is 18.4 Å². The molecule has 134 valence electrons. The Hall–Kier alpha value is -2.08. The van der Waals surface area contributed by atoms with Crippen molar-refractivity contribution in [1.29, 1.82) is 0 Å². The first-order chi connectivity index (χ1) is 12.5. The second-order valence-electron chi connectivity index (χ2n) is 6.31. The molecule has 26 heavy (non-hydrogen) atoms. The number of halogens is 2. The fourth-order valence-corrected chi connectivity index (χ4v) is 3.45. The molecule has 1 aromatic carbocycles. The van der Waals surface area contributed by atoms with E-state index < -0.39 is 6.10 Å². The van der Waals surface area contributed by atoms with Crippen LogP contribution in [0.4, 0.5) is 5.82 Å². The number of aryl methyl sites for hydroxylation is 1. The first-order valence-corrected chi connectivity index (χ1v) is 9.16.